The SMILES string of the molecule is COc1cc(CNCCSc2nnnn2C)c(Cl)cc1OCc1cccc(Cl)c1. The Hall–Kier alpha value is -2.00. The second-order valence-electron chi connectivity index (χ2n) is 6.12. The highest BCUT2D eigenvalue weighted by atomic mass is 35.5. The first kappa shape index (κ1) is 21.7. The van der Waals surface area contributed by atoms with Crippen LogP contribution in [-0.2, 0) is 20.2 Å². The molecule has 1 N–H and O–H groups in total. The number of nitrogens with one attached hydrogen (secondary N) is 1. The third-order valence-corrected chi connectivity index (χ3v) is 5.62. The highest BCUT2D eigenvalue weighted by molar-refractivity contribution is 7.99. The summed E-state index contributed by atoms with van der Waals surface area (Å²) >= 11 is 14.1. The lowest BCUT2D eigenvalue weighted by atomic mass is 10.2. The monoisotopic (exact) mass is 453 g/mol. The van der Waals surface area contributed by atoms with Crippen LogP contribution in [0, 0.1) is 0 Å². The fraction of sp³-hybridized carbons (Fsp3) is 0.316. The molecule has 1 aromatic heterocycles. The molecule has 154 valence electrons. The molecule has 3 rings (SSSR count). The van der Waals surface area contributed by atoms with Crippen LogP contribution in [0.25, 0.3) is 0 Å². The number of methoxy groups -OCH3 is 1. The first-order chi connectivity index (χ1) is 14.1. The number of hydrogen-bond donors (Lipinski definition) is 1. The summed E-state index contributed by atoms with van der Waals surface area (Å²) in [6, 6.07) is 11.2. The minimum Gasteiger partial charge on any atom is -0.493 e. The highest BCUT2D eigenvalue weighted by Gasteiger charge is 2.11. The molecule has 0 saturated heterocycles. The maximum Gasteiger partial charge on any atom is 0.209 e. The summed E-state index contributed by atoms with van der Waals surface area (Å²) in [6.07, 6.45) is 0. The Bertz CT molecular complexity index is 954. The van der Waals surface area contributed by atoms with Crippen LogP contribution in [0.1, 0.15) is 11.1 Å². The number of thioether (sulfide) groups is 1. The fourth-order valence-corrected chi connectivity index (χ4v) is 3.73. The summed E-state index contributed by atoms with van der Waals surface area (Å²) in [5.74, 6) is 2.06. The predicted molar refractivity (Wildman–Crippen MR) is 115 cm³/mol. The molecule has 0 unspecified atom stereocenters. The first-order valence-corrected chi connectivity index (χ1v) is 10.6. The van der Waals surface area contributed by atoms with Gasteiger partial charge >= 0.3 is 0 Å². The first-order valence-electron chi connectivity index (χ1n) is 8.86. The summed E-state index contributed by atoms with van der Waals surface area (Å²) in [5.41, 5.74) is 1.90. The molecule has 0 fully saturated rings. The Labute approximate surface area is 183 Å². The van der Waals surface area contributed by atoms with Crippen molar-refractivity contribution in [2.24, 2.45) is 7.05 Å². The zero-order valence-corrected chi connectivity index (χ0v) is 18.4. The number of hydrogen-bond acceptors (Lipinski definition) is 7. The van der Waals surface area contributed by atoms with Crippen molar-refractivity contribution < 1.29 is 9.47 Å². The number of nitrogens with zero attached hydrogens (tertiary/aromatic N) is 4. The molecule has 2 aromatic carbocycles. The van der Waals surface area contributed by atoms with Gasteiger partial charge in [-0.1, -0.05) is 47.1 Å². The van der Waals surface area contributed by atoms with Gasteiger partial charge in [0.1, 0.15) is 6.61 Å². The topological polar surface area (TPSA) is 74.1 Å². The van der Waals surface area contributed by atoms with Gasteiger partial charge in [-0.15, -0.1) is 5.10 Å². The maximum absolute atomic E-state index is 6.45. The van der Waals surface area contributed by atoms with Crippen LogP contribution in [0.15, 0.2) is 41.6 Å². The van der Waals surface area contributed by atoms with Crippen LogP contribution in [0.3, 0.4) is 0 Å². The molecular weight excluding hydrogens is 433 g/mol. The molecule has 0 saturated carbocycles. The Balaban J connectivity index is 1.54. The van der Waals surface area contributed by atoms with Crippen molar-refractivity contribution in [3.05, 3.63) is 57.6 Å². The molecule has 3 aromatic rings. The molecule has 0 aliphatic rings. The van der Waals surface area contributed by atoms with Gasteiger partial charge in [0.2, 0.25) is 5.16 Å². The molecular formula is C19H21Cl2N5O2S. The Kier molecular flexibility index (Phi) is 8.00. The third kappa shape index (κ3) is 6.24. The quantitative estimate of drug-likeness (QED) is 0.367. The highest BCUT2D eigenvalue weighted by Crippen LogP contribution is 2.34. The largest absolute Gasteiger partial charge is 0.493 e. The van der Waals surface area contributed by atoms with E-state index in [1.54, 1.807) is 29.6 Å². The zero-order valence-electron chi connectivity index (χ0n) is 16.1. The summed E-state index contributed by atoms with van der Waals surface area (Å²) in [7, 11) is 3.43. The molecule has 0 aliphatic heterocycles. The van der Waals surface area contributed by atoms with Gasteiger partial charge in [0.15, 0.2) is 11.5 Å². The lowest BCUT2D eigenvalue weighted by Gasteiger charge is -2.14. The van der Waals surface area contributed by atoms with E-state index in [-0.39, 0.29) is 0 Å². The molecule has 0 amide bonds. The smallest absolute Gasteiger partial charge is 0.209 e. The van der Waals surface area contributed by atoms with E-state index in [0.717, 1.165) is 28.6 Å². The van der Waals surface area contributed by atoms with E-state index >= 15 is 0 Å². The molecule has 29 heavy (non-hydrogen) atoms. The van der Waals surface area contributed by atoms with E-state index in [2.05, 4.69) is 20.8 Å². The Morgan fingerprint density at radius 2 is 2.03 bits per heavy atom. The molecule has 0 bridgehead atoms. The average molecular weight is 454 g/mol. The average Bonchev–Trinajstić information content (AvgIpc) is 3.12. The van der Waals surface area contributed by atoms with Crippen LogP contribution in [0.2, 0.25) is 10.0 Å². The minimum absolute atomic E-state index is 0.374. The van der Waals surface area contributed by atoms with E-state index in [4.69, 9.17) is 32.7 Å². The minimum atomic E-state index is 0.374. The Morgan fingerprint density at radius 3 is 2.76 bits per heavy atom. The molecule has 0 radical (unpaired) electrons. The Morgan fingerprint density at radius 1 is 1.17 bits per heavy atom. The molecule has 0 spiro atoms. The maximum atomic E-state index is 6.45. The van der Waals surface area contributed by atoms with Crippen molar-refractivity contribution in [3.8, 4) is 11.5 Å². The number of rotatable bonds is 10. The summed E-state index contributed by atoms with van der Waals surface area (Å²) < 4.78 is 13.0. The predicted octanol–water partition coefficient (Wildman–Crippen LogP) is 3.99. The van der Waals surface area contributed by atoms with Crippen molar-refractivity contribution >= 4 is 35.0 Å². The lowest BCUT2D eigenvalue weighted by molar-refractivity contribution is 0.284. The third-order valence-electron chi connectivity index (χ3n) is 4.02. The van der Waals surface area contributed by atoms with Gasteiger partial charge in [-0.05, 0) is 39.8 Å². The van der Waals surface area contributed by atoms with E-state index in [9.17, 15) is 0 Å². The van der Waals surface area contributed by atoms with E-state index in [1.807, 2.05) is 37.4 Å². The molecule has 0 aliphatic carbocycles. The van der Waals surface area contributed by atoms with Gasteiger partial charge in [-0.25, -0.2) is 4.68 Å². The number of aromatic nitrogens is 4. The molecule has 7 nitrogen and oxygen atoms in total. The molecule has 10 heteroatoms. The van der Waals surface area contributed by atoms with Crippen LogP contribution >= 0.6 is 35.0 Å². The fourth-order valence-electron chi connectivity index (χ4n) is 2.55. The number of aryl methyl sites for hydroxylation is 1. The van der Waals surface area contributed by atoms with Gasteiger partial charge in [-0.2, -0.15) is 0 Å². The number of tetrazole rings is 1. The van der Waals surface area contributed by atoms with Crippen LogP contribution in [-0.4, -0.2) is 39.6 Å². The van der Waals surface area contributed by atoms with Gasteiger partial charge in [0, 0.05) is 42.0 Å². The molecule has 1 heterocycles. The second kappa shape index (κ2) is 10.7. The van der Waals surface area contributed by atoms with Gasteiger partial charge in [0.25, 0.3) is 0 Å². The van der Waals surface area contributed by atoms with Gasteiger partial charge in [-0.3, -0.25) is 0 Å². The number of halogens is 2. The summed E-state index contributed by atoms with van der Waals surface area (Å²) in [5, 5.41) is 16.8. The lowest BCUT2D eigenvalue weighted by Crippen LogP contribution is -2.17. The second-order valence-corrected chi connectivity index (χ2v) is 8.03. The van der Waals surface area contributed by atoms with Crippen molar-refractivity contribution in [1.82, 2.24) is 25.5 Å². The van der Waals surface area contributed by atoms with E-state index in [0.29, 0.717) is 34.7 Å². The van der Waals surface area contributed by atoms with E-state index in [1.165, 1.54) is 0 Å². The standard InChI is InChI=1S/C19H21Cl2N5O2S/c1-26-19(23-24-25-26)29-7-6-22-11-14-9-17(27-2)18(10-16(14)21)28-12-13-4-3-5-15(20)8-13/h3-5,8-10,22H,6-7,11-12H2,1-2H3. The normalized spacial score (nSPS) is 10.9. The molecule has 0 atom stereocenters. The van der Waals surface area contributed by atoms with Gasteiger partial charge in [0.05, 0.1) is 7.11 Å². The van der Waals surface area contributed by atoms with E-state index < -0.39 is 0 Å². The van der Waals surface area contributed by atoms with Crippen molar-refractivity contribution in [1.29, 1.82) is 0 Å². The van der Waals surface area contributed by atoms with Crippen molar-refractivity contribution in [2.45, 2.75) is 18.3 Å². The van der Waals surface area contributed by atoms with Crippen LogP contribution in [0.4, 0.5) is 0 Å². The number of ether oxygens (including phenoxy) is 2. The van der Waals surface area contributed by atoms with Crippen molar-refractivity contribution in [2.75, 3.05) is 19.4 Å². The number of benzene rings is 2. The van der Waals surface area contributed by atoms with Crippen molar-refractivity contribution in [3.63, 3.8) is 0 Å². The van der Waals surface area contributed by atoms with Crippen LogP contribution < -0.4 is 14.8 Å². The van der Waals surface area contributed by atoms with Gasteiger partial charge < -0.3 is 14.8 Å². The van der Waals surface area contributed by atoms with Crippen LogP contribution in [0.5, 0.6) is 11.5 Å². The zero-order chi connectivity index (χ0) is 20.6. The summed E-state index contributed by atoms with van der Waals surface area (Å²) in [6.45, 7) is 1.77. The summed E-state index contributed by atoms with van der Waals surface area (Å²) in [4.78, 5) is 0.